The van der Waals surface area contributed by atoms with E-state index in [1.54, 1.807) is 5.38 Å². The van der Waals surface area contributed by atoms with Crippen LogP contribution in [0.25, 0.3) is 0 Å². The first-order valence-electron chi connectivity index (χ1n) is 4.00. The highest BCUT2D eigenvalue weighted by atomic mass is 79.9. The van der Waals surface area contributed by atoms with E-state index in [2.05, 4.69) is 41.7 Å². The molecule has 1 unspecified atom stereocenters. The zero-order chi connectivity index (χ0) is 10.1. The Morgan fingerprint density at radius 3 is 2.62 bits per heavy atom. The van der Waals surface area contributed by atoms with Crippen LogP contribution in [0.3, 0.4) is 0 Å². The summed E-state index contributed by atoms with van der Waals surface area (Å²) in [6.07, 6.45) is 0.780. The van der Waals surface area contributed by atoms with Gasteiger partial charge in [-0.15, -0.1) is 11.3 Å². The van der Waals surface area contributed by atoms with Crippen molar-refractivity contribution in [2.24, 2.45) is 5.41 Å². The van der Waals surface area contributed by atoms with Crippen molar-refractivity contribution in [1.29, 1.82) is 0 Å². The summed E-state index contributed by atoms with van der Waals surface area (Å²) < 4.78 is 0. The fourth-order valence-electron chi connectivity index (χ4n) is 0.842. The number of hydrogen-bond donors (Lipinski definition) is 0. The average molecular weight is 262 g/mol. The topological polar surface area (TPSA) is 30.0 Å². The molecule has 72 valence electrons. The van der Waals surface area contributed by atoms with Crippen LogP contribution < -0.4 is 0 Å². The molecule has 0 spiro atoms. The van der Waals surface area contributed by atoms with Crippen LogP contribution in [0.5, 0.6) is 0 Å². The van der Waals surface area contributed by atoms with Crippen molar-refractivity contribution in [2.45, 2.75) is 25.6 Å². The largest absolute Gasteiger partial charge is 0.296 e. The lowest BCUT2D eigenvalue weighted by Crippen LogP contribution is -2.12. The van der Waals surface area contributed by atoms with Gasteiger partial charge in [-0.25, -0.2) is 4.98 Å². The Labute approximate surface area is 90.5 Å². The summed E-state index contributed by atoms with van der Waals surface area (Å²) in [6, 6.07) is 0. The van der Waals surface area contributed by atoms with Gasteiger partial charge in [0, 0.05) is 5.38 Å². The lowest BCUT2D eigenvalue weighted by molar-refractivity contribution is 0.111. The number of carbonyl (C=O) groups excluding carboxylic acids is 1. The number of aldehydes is 1. The van der Waals surface area contributed by atoms with Gasteiger partial charge < -0.3 is 0 Å². The molecule has 1 aromatic rings. The summed E-state index contributed by atoms with van der Waals surface area (Å²) in [7, 11) is 0. The van der Waals surface area contributed by atoms with E-state index in [1.165, 1.54) is 11.3 Å². The molecule has 1 atom stereocenters. The quantitative estimate of drug-likeness (QED) is 0.603. The van der Waals surface area contributed by atoms with Crippen LogP contribution in [0, 0.1) is 5.41 Å². The minimum absolute atomic E-state index is 0.123. The van der Waals surface area contributed by atoms with Crippen LogP contribution in [0.2, 0.25) is 0 Å². The first kappa shape index (κ1) is 10.9. The van der Waals surface area contributed by atoms with Crippen molar-refractivity contribution < 1.29 is 4.79 Å². The number of halogens is 1. The van der Waals surface area contributed by atoms with Gasteiger partial charge in [-0.3, -0.25) is 4.79 Å². The molecule has 1 rings (SSSR count). The van der Waals surface area contributed by atoms with Crippen LogP contribution in [-0.4, -0.2) is 11.3 Å². The highest BCUT2D eigenvalue weighted by Gasteiger charge is 2.25. The first-order valence-corrected chi connectivity index (χ1v) is 5.79. The minimum Gasteiger partial charge on any atom is -0.296 e. The summed E-state index contributed by atoms with van der Waals surface area (Å²) in [5.41, 5.74) is 0.645. The smallest absolute Gasteiger partial charge is 0.169 e. The van der Waals surface area contributed by atoms with Crippen LogP contribution in [0.1, 0.15) is 41.1 Å². The Kier molecular flexibility index (Phi) is 3.24. The van der Waals surface area contributed by atoms with Crippen molar-refractivity contribution in [3.05, 3.63) is 16.1 Å². The highest BCUT2D eigenvalue weighted by Crippen LogP contribution is 2.40. The number of hydrogen-bond acceptors (Lipinski definition) is 3. The van der Waals surface area contributed by atoms with Crippen LogP contribution in [0.4, 0.5) is 0 Å². The number of aromatic nitrogens is 1. The maximum Gasteiger partial charge on any atom is 0.169 e. The second-order valence-electron chi connectivity index (χ2n) is 3.96. The molecule has 0 radical (unpaired) electrons. The van der Waals surface area contributed by atoms with Gasteiger partial charge in [-0.1, -0.05) is 36.7 Å². The molecule has 0 aromatic carbocycles. The number of carbonyl (C=O) groups is 1. The monoisotopic (exact) mass is 261 g/mol. The van der Waals surface area contributed by atoms with Crippen LogP contribution in [-0.2, 0) is 0 Å². The van der Waals surface area contributed by atoms with Crippen molar-refractivity contribution in [3.8, 4) is 0 Å². The third-order valence-electron chi connectivity index (χ3n) is 1.64. The molecule has 1 aromatic heterocycles. The molecule has 0 amide bonds. The number of alkyl halides is 1. The zero-order valence-corrected chi connectivity index (χ0v) is 10.3. The van der Waals surface area contributed by atoms with Gasteiger partial charge >= 0.3 is 0 Å². The average Bonchev–Trinajstić information content (AvgIpc) is 2.48. The Balaban J connectivity index is 2.89. The van der Waals surface area contributed by atoms with E-state index in [1.807, 2.05) is 0 Å². The van der Waals surface area contributed by atoms with E-state index >= 15 is 0 Å². The second-order valence-corrected chi connectivity index (χ2v) is 5.76. The van der Waals surface area contributed by atoms with Crippen molar-refractivity contribution >= 4 is 33.6 Å². The molecule has 1 heterocycles. The Morgan fingerprint density at radius 1 is 1.62 bits per heavy atom. The lowest BCUT2D eigenvalue weighted by Gasteiger charge is -2.23. The summed E-state index contributed by atoms with van der Waals surface area (Å²) in [5, 5.41) is 2.75. The molecule has 0 aliphatic heterocycles. The highest BCUT2D eigenvalue weighted by molar-refractivity contribution is 9.09. The molecular formula is C9H12BrNOS. The van der Waals surface area contributed by atoms with Gasteiger partial charge in [0.05, 0.1) is 4.83 Å². The molecule has 0 N–H and O–H groups in total. The molecule has 0 bridgehead atoms. The van der Waals surface area contributed by atoms with Crippen molar-refractivity contribution in [1.82, 2.24) is 4.98 Å². The third-order valence-corrected chi connectivity index (χ3v) is 4.68. The second kappa shape index (κ2) is 3.88. The van der Waals surface area contributed by atoms with E-state index < -0.39 is 0 Å². The molecule has 2 nitrogen and oxygen atoms in total. The van der Waals surface area contributed by atoms with Crippen LogP contribution >= 0.6 is 27.3 Å². The minimum atomic E-state index is 0.123. The van der Waals surface area contributed by atoms with Gasteiger partial charge in [-0.05, 0) is 5.41 Å². The summed E-state index contributed by atoms with van der Waals surface area (Å²) >= 11 is 5.10. The van der Waals surface area contributed by atoms with E-state index in [-0.39, 0.29) is 10.2 Å². The number of thiazole rings is 1. The molecule has 0 aliphatic rings. The fourth-order valence-corrected chi connectivity index (χ4v) is 2.25. The maximum atomic E-state index is 10.4. The van der Waals surface area contributed by atoms with Gasteiger partial charge in [0.1, 0.15) is 10.7 Å². The third kappa shape index (κ3) is 2.61. The first-order chi connectivity index (χ1) is 5.95. The normalized spacial score (nSPS) is 14.2. The number of rotatable bonds is 2. The predicted octanol–water partition coefficient (Wildman–Crippen LogP) is 3.44. The van der Waals surface area contributed by atoms with Crippen LogP contribution in [0.15, 0.2) is 5.38 Å². The van der Waals surface area contributed by atoms with E-state index in [4.69, 9.17) is 0 Å². The van der Waals surface area contributed by atoms with Crippen molar-refractivity contribution in [3.63, 3.8) is 0 Å². The summed E-state index contributed by atoms with van der Waals surface area (Å²) in [6.45, 7) is 6.40. The maximum absolute atomic E-state index is 10.4. The van der Waals surface area contributed by atoms with E-state index in [0.717, 1.165) is 11.3 Å². The lowest BCUT2D eigenvalue weighted by atomic mass is 9.93. The van der Waals surface area contributed by atoms with Gasteiger partial charge in [0.25, 0.3) is 0 Å². The Hall–Kier alpha value is -0.220. The van der Waals surface area contributed by atoms with E-state index in [9.17, 15) is 4.79 Å². The standard InChI is InChI=1S/C9H12BrNOS/c1-9(2,3)7(10)8-11-6(4-12)5-13-8/h4-5,7H,1-3H3. The Bertz CT molecular complexity index is 303. The molecular weight excluding hydrogens is 250 g/mol. The number of nitrogens with zero attached hydrogens (tertiary/aromatic N) is 1. The van der Waals surface area contributed by atoms with Gasteiger partial charge in [-0.2, -0.15) is 0 Å². The zero-order valence-electron chi connectivity index (χ0n) is 7.87. The summed E-state index contributed by atoms with van der Waals surface area (Å²) in [4.78, 5) is 14.8. The molecule has 0 saturated carbocycles. The fraction of sp³-hybridized carbons (Fsp3) is 0.556. The SMILES string of the molecule is CC(C)(C)C(Br)c1nc(C=O)cs1. The van der Waals surface area contributed by atoms with Gasteiger partial charge in [0.2, 0.25) is 0 Å². The molecule has 0 aliphatic carbocycles. The summed E-state index contributed by atoms with van der Waals surface area (Å²) in [5.74, 6) is 0. The predicted molar refractivity (Wildman–Crippen MR) is 58.6 cm³/mol. The Morgan fingerprint density at radius 2 is 2.23 bits per heavy atom. The van der Waals surface area contributed by atoms with Gasteiger partial charge in [0.15, 0.2) is 6.29 Å². The molecule has 4 heteroatoms. The van der Waals surface area contributed by atoms with E-state index in [0.29, 0.717) is 5.69 Å². The van der Waals surface area contributed by atoms with Crippen molar-refractivity contribution in [2.75, 3.05) is 0 Å². The molecule has 13 heavy (non-hydrogen) atoms. The molecule has 0 fully saturated rings. The molecule has 0 saturated heterocycles.